The van der Waals surface area contributed by atoms with Crippen molar-refractivity contribution in [3.8, 4) is 0 Å². The molecule has 1 atom stereocenters. The lowest BCUT2D eigenvalue weighted by molar-refractivity contribution is -0.146. The summed E-state index contributed by atoms with van der Waals surface area (Å²) in [4.78, 5) is 12.2. The summed E-state index contributed by atoms with van der Waals surface area (Å²) in [7, 11) is 2.78. The number of thiophene rings is 1. The second kappa shape index (κ2) is 3.36. The minimum Gasteiger partial charge on any atom is -0.493 e. The molecule has 0 saturated heterocycles. The van der Waals surface area contributed by atoms with Gasteiger partial charge in [0.2, 0.25) is 17.1 Å². The van der Waals surface area contributed by atoms with E-state index < -0.39 is 11.4 Å². The first-order chi connectivity index (χ1) is 7.16. The molecule has 1 aromatic rings. The Morgan fingerprint density at radius 2 is 2.13 bits per heavy atom. The van der Waals surface area contributed by atoms with Crippen molar-refractivity contribution in [3.05, 3.63) is 33.9 Å². The van der Waals surface area contributed by atoms with Gasteiger partial charge in [0.05, 0.1) is 19.1 Å². The standard InChI is InChI=1S/C10H10O4S/c1-13-7-8(11)10(12,9(7)14-2)6-4-3-5-15-6/h3-5,12H,1-2H3. The number of Topliss-reactive ketones (excluding diaryl/α,β-unsaturated/α-hetero) is 1. The van der Waals surface area contributed by atoms with Crippen molar-refractivity contribution in [2.24, 2.45) is 0 Å². The van der Waals surface area contributed by atoms with Gasteiger partial charge >= 0.3 is 0 Å². The summed E-state index contributed by atoms with van der Waals surface area (Å²) in [6.45, 7) is 0. The molecule has 1 aliphatic carbocycles. The average molecular weight is 226 g/mol. The number of ether oxygens (including phenoxy) is 2. The zero-order chi connectivity index (χ0) is 11.1. The van der Waals surface area contributed by atoms with E-state index in [4.69, 9.17) is 9.47 Å². The zero-order valence-electron chi connectivity index (χ0n) is 8.31. The normalized spacial score (nSPS) is 25.1. The van der Waals surface area contributed by atoms with Crippen LogP contribution in [0.3, 0.4) is 0 Å². The van der Waals surface area contributed by atoms with Crippen molar-refractivity contribution in [1.29, 1.82) is 0 Å². The molecule has 0 bridgehead atoms. The van der Waals surface area contributed by atoms with E-state index in [2.05, 4.69) is 0 Å². The predicted molar refractivity (Wildman–Crippen MR) is 54.3 cm³/mol. The first-order valence-electron chi connectivity index (χ1n) is 4.30. The summed E-state index contributed by atoms with van der Waals surface area (Å²) < 4.78 is 9.84. The van der Waals surface area contributed by atoms with Gasteiger partial charge in [-0.2, -0.15) is 0 Å². The van der Waals surface area contributed by atoms with E-state index in [-0.39, 0.29) is 11.5 Å². The molecule has 15 heavy (non-hydrogen) atoms. The van der Waals surface area contributed by atoms with Crippen molar-refractivity contribution in [2.75, 3.05) is 14.2 Å². The third-order valence-corrected chi connectivity index (χ3v) is 3.33. The SMILES string of the molecule is COC1=C(OC)C(O)(c2cccs2)C1=O. The van der Waals surface area contributed by atoms with Crippen molar-refractivity contribution in [3.63, 3.8) is 0 Å². The Labute approximate surface area is 90.7 Å². The molecule has 1 heterocycles. The molecule has 1 N–H and O–H groups in total. The highest BCUT2D eigenvalue weighted by molar-refractivity contribution is 7.10. The van der Waals surface area contributed by atoms with Gasteiger partial charge in [-0.3, -0.25) is 4.79 Å². The molecule has 0 radical (unpaired) electrons. The Morgan fingerprint density at radius 1 is 1.40 bits per heavy atom. The van der Waals surface area contributed by atoms with Crippen LogP contribution in [0.4, 0.5) is 0 Å². The fourth-order valence-corrected chi connectivity index (χ4v) is 2.42. The van der Waals surface area contributed by atoms with Gasteiger partial charge in [0, 0.05) is 0 Å². The van der Waals surface area contributed by atoms with E-state index in [0.29, 0.717) is 4.88 Å². The largest absolute Gasteiger partial charge is 0.493 e. The fourth-order valence-electron chi connectivity index (χ4n) is 1.61. The summed E-state index contributed by atoms with van der Waals surface area (Å²) >= 11 is 1.30. The van der Waals surface area contributed by atoms with E-state index in [9.17, 15) is 9.90 Å². The number of ketones is 1. The third kappa shape index (κ3) is 1.13. The number of hydrogen-bond acceptors (Lipinski definition) is 5. The van der Waals surface area contributed by atoms with Gasteiger partial charge in [0.15, 0.2) is 5.76 Å². The highest BCUT2D eigenvalue weighted by atomic mass is 32.1. The number of hydrogen-bond donors (Lipinski definition) is 1. The number of aliphatic hydroxyl groups is 1. The molecule has 80 valence electrons. The summed E-state index contributed by atoms with van der Waals surface area (Å²) in [5, 5.41) is 12.0. The summed E-state index contributed by atoms with van der Waals surface area (Å²) in [5.41, 5.74) is -1.64. The zero-order valence-corrected chi connectivity index (χ0v) is 9.13. The Bertz CT molecular complexity index is 421. The van der Waals surface area contributed by atoms with Gasteiger partial charge in [-0.25, -0.2) is 0 Å². The first-order valence-corrected chi connectivity index (χ1v) is 5.18. The van der Waals surface area contributed by atoms with Crippen LogP contribution >= 0.6 is 11.3 Å². The van der Waals surface area contributed by atoms with E-state index in [0.717, 1.165) is 0 Å². The van der Waals surface area contributed by atoms with Crippen LogP contribution in [0.2, 0.25) is 0 Å². The summed E-state index contributed by atoms with van der Waals surface area (Å²) in [5.74, 6) is -0.185. The molecule has 2 rings (SSSR count). The molecular formula is C10H10O4S. The van der Waals surface area contributed by atoms with Crippen LogP contribution in [0.1, 0.15) is 4.88 Å². The first kappa shape index (κ1) is 10.2. The molecule has 1 unspecified atom stereocenters. The van der Waals surface area contributed by atoms with Crippen LogP contribution in [0.15, 0.2) is 29.0 Å². The molecule has 1 aromatic heterocycles. The van der Waals surface area contributed by atoms with Crippen molar-refractivity contribution < 1.29 is 19.4 Å². The topological polar surface area (TPSA) is 55.8 Å². The number of carbonyl (C=O) groups is 1. The Hall–Kier alpha value is -1.33. The predicted octanol–water partition coefficient (Wildman–Crippen LogP) is 1.02. The van der Waals surface area contributed by atoms with Crippen LogP contribution in [0.5, 0.6) is 0 Å². The maximum Gasteiger partial charge on any atom is 0.245 e. The lowest BCUT2D eigenvalue weighted by Gasteiger charge is -2.35. The quantitative estimate of drug-likeness (QED) is 0.836. The van der Waals surface area contributed by atoms with Gasteiger partial charge in [0.1, 0.15) is 0 Å². The van der Waals surface area contributed by atoms with Crippen LogP contribution < -0.4 is 0 Å². The molecule has 0 saturated carbocycles. The summed E-state index contributed by atoms with van der Waals surface area (Å²) in [6.07, 6.45) is 0. The van der Waals surface area contributed by atoms with Crippen LogP contribution in [0, 0.1) is 0 Å². The fraction of sp³-hybridized carbons (Fsp3) is 0.300. The number of methoxy groups -OCH3 is 2. The van der Waals surface area contributed by atoms with E-state index in [1.807, 2.05) is 0 Å². The Kier molecular flexibility index (Phi) is 2.28. The smallest absolute Gasteiger partial charge is 0.245 e. The number of rotatable bonds is 3. The Balaban J connectivity index is 2.49. The van der Waals surface area contributed by atoms with Gasteiger partial charge in [-0.1, -0.05) is 6.07 Å². The van der Waals surface area contributed by atoms with Crippen molar-refractivity contribution in [1.82, 2.24) is 0 Å². The van der Waals surface area contributed by atoms with Gasteiger partial charge < -0.3 is 14.6 Å². The van der Waals surface area contributed by atoms with E-state index >= 15 is 0 Å². The van der Waals surface area contributed by atoms with Crippen molar-refractivity contribution in [2.45, 2.75) is 5.60 Å². The van der Waals surface area contributed by atoms with Gasteiger partial charge in [-0.15, -0.1) is 11.3 Å². The van der Waals surface area contributed by atoms with Crippen LogP contribution in [0.25, 0.3) is 0 Å². The molecule has 5 heteroatoms. The highest BCUT2D eigenvalue weighted by Crippen LogP contribution is 2.45. The van der Waals surface area contributed by atoms with Gasteiger partial charge in [0.25, 0.3) is 0 Å². The second-order valence-electron chi connectivity index (χ2n) is 3.08. The van der Waals surface area contributed by atoms with Crippen molar-refractivity contribution >= 4 is 17.1 Å². The molecular weight excluding hydrogens is 216 g/mol. The third-order valence-electron chi connectivity index (χ3n) is 2.36. The second-order valence-corrected chi connectivity index (χ2v) is 4.03. The van der Waals surface area contributed by atoms with Gasteiger partial charge in [-0.05, 0) is 11.4 Å². The minimum absolute atomic E-state index is 0.0911. The lowest BCUT2D eigenvalue weighted by Crippen LogP contribution is -2.49. The Morgan fingerprint density at radius 3 is 2.60 bits per heavy atom. The minimum atomic E-state index is -1.64. The molecule has 0 aliphatic heterocycles. The highest BCUT2D eigenvalue weighted by Gasteiger charge is 2.58. The monoisotopic (exact) mass is 226 g/mol. The molecule has 0 aromatic carbocycles. The average Bonchev–Trinajstić information content (AvgIpc) is 2.77. The molecule has 1 aliphatic rings. The molecule has 0 spiro atoms. The van der Waals surface area contributed by atoms with Crippen LogP contribution in [-0.2, 0) is 19.9 Å². The molecule has 4 nitrogen and oxygen atoms in total. The maximum atomic E-state index is 11.7. The lowest BCUT2D eigenvalue weighted by atomic mass is 9.81. The maximum absolute atomic E-state index is 11.7. The van der Waals surface area contributed by atoms with E-state index in [1.165, 1.54) is 25.6 Å². The van der Waals surface area contributed by atoms with Crippen LogP contribution in [-0.4, -0.2) is 25.1 Å². The molecule has 0 fully saturated rings. The van der Waals surface area contributed by atoms with E-state index in [1.54, 1.807) is 17.5 Å². The number of carbonyl (C=O) groups excluding carboxylic acids is 1. The molecule has 0 amide bonds. The summed E-state index contributed by atoms with van der Waals surface area (Å²) in [6, 6.07) is 3.46.